The standard InChI is InChI=1S/C21H20N4O2/c1-13(26)15-9-16-18(10-19(15)27-3)22-12-23-21(16)17-11-25(2)24-20(17)14-7-5-4-6-8-14/h4-13,26H,1-3H3/t13-/m0/s1. The van der Waals surface area contributed by atoms with E-state index in [9.17, 15) is 5.11 Å². The minimum atomic E-state index is -0.667. The van der Waals surface area contributed by atoms with Gasteiger partial charge in [0.1, 0.15) is 17.8 Å². The second-order valence-corrected chi connectivity index (χ2v) is 6.44. The van der Waals surface area contributed by atoms with Gasteiger partial charge in [0.15, 0.2) is 0 Å². The largest absolute Gasteiger partial charge is 0.496 e. The van der Waals surface area contributed by atoms with Gasteiger partial charge in [0, 0.05) is 41.4 Å². The number of ether oxygens (including phenoxy) is 1. The number of aromatic nitrogens is 4. The molecule has 0 amide bonds. The molecule has 0 fully saturated rings. The predicted octanol–water partition coefficient (Wildman–Crippen LogP) is 3.76. The van der Waals surface area contributed by atoms with Gasteiger partial charge in [-0.1, -0.05) is 30.3 Å². The summed E-state index contributed by atoms with van der Waals surface area (Å²) in [6, 6.07) is 13.7. The Balaban J connectivity index is 1.99. The van der Waals surface area contributed by atoms with Gasteiger partial charge in [-0.2, -0.15) is 5.10 Å². The van der Waals surface area contributed by atoms with Gasteiger partial charge in [-0.05, 0) is 13.0 Å². The van der Waals surface area contributed by atoms with Crippen LogP contribution in [0.25, 0.3) is 33.4 Å². The first-order chi connectivity index (χ1) is 13.1. The number of nitrogens with zero attached hydrogens (tertiary/aromatic N) is 4. The summed E-state index contributed by atoms with van der Waals surface area (Å²) in [6.45, 7) is 1.71. The fraction of sp³-hybridized carbons (Fsp3) is 0.190. The summed E-state index contributed by atoms with van der Waals surface area (Å²) in [6.07, 6.45) is 2.83. The number of benzene rings is 2. The van der Waals surface area contributed by atoms with Gasteiger partial charge >= 0.3 is 0 Å². The molecule has 0 aliphatic carbocycles. The number of hydrogen-bond donors (Lipinski definition) is 1. The number of hydrogen-bond acceptors (Lipinski definition) is 5. The summed E-state index contributed by atoms with van der Waals surface area (Å²) in [5.74, 6) is 0.608. The predicted molar refractivity (Wildman–Crippen MR) is 104 cm³/mol. The monoisotopic (exact) mass is 360 g/mol. The van der Waals surface area contributed by atoms with Gasteiger partial charge in [-0.15, -0.1) is 0 Å². The van der Waals surface area contributed by atoms with Gasteiger partial charge in [-0.3, -0.25) is 4.68 Å². The zero-order chi connectivity index (χ0) is 19.0. The average molecular weight is 360 g/mol. The lowest BCUT2D eigenvalue weighted by atomic mass is 10.00. The highest BCUT2D eigenvalue weighted by molar-refractivity contribution is 5.96. The van der Waals surface area contributed by atoms with Crippen LogP contribution in [0.15, 0.2) is 55.0 Å². The molecule has 1 N–H and O–H groups in total. The van der Waals surface area contributed by atoms with E-state index < -0.39 is 6.10 Å². The molecule has 4 aromatic rings. The molecule has 1 atom stereocenters. The van der Waals surface area contributed by atoms with Crippen molar-refractivity contribution in [2.75, 3.05) is 7.11 Å². The van der Waals surface area contributed by atoms with Gasteiger partial charge in [0.25, 0.3) is 0 Å². The van der Waals surface area contributed by atoms with Crippen molar-refractivity contribution in [3.8, 4) is 28.3 Å². The Hall–Kier alpha value is -3.25. The summed E-state index contributed by atoms with van der Waals surface area (Å²) in [5.41, 5.74) is 5.02. The third kappa shape index (κ3) is 3.04. The molecule has 2 aromatic carbocycles. The average Bonchev–Trinajstić information content (AvgIpc) is 3.08. The minimum absolute atomic E-state index is 0.608. The maximum Gasteiger partial charge on any atom is 0.126 e. The van der Waals surface area contributed by atoms with E-state index in [2.05, 4.69) is 15.1 Å². The van der Waals surface area contributed by atoms with Gasteiger partial charge < -0.3 is 9.84 Å². The maximum absolute atomic E-state index is 10.2. The quantitative estimate of drug-likeness (QED) is 0.600. The summed E-state index contributed by atoms with van der Waals surface area (Å²) >= 11 is 0. The number of aliphatic hydroxyl groups excluding tert-OH is 1. The maximum atomic E-state index is 10.2. The zero-order valence-corrected chi connectivity index (χ0v) is 15.4. The van der Waals surface area contributed by atoms with Gasteiger partial charge in [-0.25, -0.2) is 9.97 Å². The number of methoxy groups -OCH3 is 1. The Morgan fingerprint density at radius 3 is 2.56 bits per heavy atom. The van der Waals surface area contributed by atoms with Crippen LogP contribution in [0.3, 0.4) is 0 Å². The van der Waals surface area contributed by atoms with E-state index in [1.165, 1.54) is 0 Å². The Kier molecular flexibility index (Phi) is 4.33. The SMILES string of the molecule is COc1cc2ncnc(-c3cn(C)nc3-c3ccccc3)c2cc1[C@H](C)O. The number of rotatable bonds is 4. The van der Waals surface area contributed by atoms with Gasteiger partial charge in [0.2, 0.25) is 0 Å². The first kappa shape index (κ1) is 17.2. The molecule has 0 bridgehead atoms. The smallest absolute Gasteiger partial charge is 0.126 e. The molecule has 6 nitrogen and oxygen atoms in total. The number of aryl methyl sites for hydroxylation is 1. The molecule has 0 unspecified atom stereocenters. The zero-order valence-electron chi connectivity index (χ0n) is 15.4. The third-order valence-corrected chi connectivity index (χ3v) is 4.57. The van der Waals surface area contributed by atoms with E-state index >= 15 is 0 Å². The van der Waals surface area contributed by atoms with E-state index in [1.807, 2.05) is 55.7 Å². The van der Waals surface area contributed by atoms with Crippen LogP contribution in [0.4, 0.5) is 0 Å². The van der Waals surface area contributed by atoms with Gasteiger partial charge in [0.05, 0.1) is 24.4 Å². The molecule has 0 aliphatic heterocycles. The summed E-state index contributed by atoms with van der Waals surface area (Å²) in [4.78, 5) is 8.93. The fourth-order valence-corrected chi connectivity index (χ4v) is 3.29. The Morgan fingerprint density at radius 2 is 1.85 bits per heavy atom. The lowest BCUT2D eigenvalue weighted by Gasteiger charge is -2.13. The van der Waals surface area contributed by atoms with Crippen molar-refractivity contribution in [1.29, 1.82) is 0 Å². The Morgan fingerprint density at radius 1 is 1.07 bits per heavy atom. The Labute approximate surface area is 157 Å². The van der Waals surface area contributed by atoms with Crippen LogP contribution in [-0.2, 0) is 7.05 Å². The lowest BCUT2D eigenvalue weighted by Crippen LogP contribution is -1.99. The Bertz CT molecular complexity index is 1100. The molecule has 0 radical (unpaired) electrons. The lowest BCUT2D eigenvalue weighted by molar-refractivity contribution is 0.194. The number of fused-ring (bicyclic) bond motifs is 1. The fourth-order valence-electron chi connectivity index (χ4n) is 3.29. The molecular formula is C21H20N4O2. The van der Waals surface area contributed by atoms with Crippen molar-refractivity contribution in [3.63, 3.8) is 0 Å². The molecule has 0 spiro atoms. The van der Waals surface area contributed by atoms with Crippen molar-refractivity contribution in [2.24, 2.45) is 7.05 Å². The summed E-state index contributed by atoms with van der Waals surface area (Å²) < 4.78 is 7.20. The topological polar surface area (TPSA) is 73.1 Å². The van der Waals surface area contributed by atoms with E-state index in [-0.39, 0.29) is 0 Å². The summed E-state index contributed by atoms with van der Waals surface area (Å²) in [5, 5.41) is 15.6. The summed E-state index contributed by atoms with van der Waals surface area (Å²) in [7, 11) is 3.48. The van der Waals surface area contributed by atoms with Crippen molar-refractivity contribution >= 4 is 10.9 Å². The molecule has 27 heavy (non-hydrogen) atoms. The second kappa shape index (κ2) is 6.81. The molecular weight excluding hydrogens is 340 g/mol. The van der Waals surface area contributed by atoms with E-state index in [0.29, 0.717) is 11.3 Å². The van der Waals surface area contributed by atoms with Crippen LogP contribution >= 0.6 is 0 Å². The van der Waals surface area contributed by atoms with Crippen molar-refractivity contribution in [1.82, 2.24) is 19.7 Å². The van der Waals surface area contributed by atoms with Crippen LogP contribution in [-0.4, -0.2) is 32.0 Å². The van der Waals surface area contributed by atoms with Crippen LogP contribution in [0.2, 0.25) is 0 Å². The van der Waals surface area contributed by atoms with Crippen molar-refractivity contribution in [2.45, 2.75) is 13.0 Å². The molecule has 2 aromatic heterocycles. The third-order valence-electron chi connectivity index (χ3n) is 4.57. The first-order valence-electron chi connectivity index (χ1n) is 8.68. The van der Waals surface area contributed by atoms with Crippen molar-refractivity contribution < 1.29 is 9.84 Å². The van der Waals surface area contributed by atoms with Crippen LogP contribution in [0.1, 0.15) is 18.6 Å². The highest BCUT2D eigenvalue weighted by Gasteiger charge is 2.19. The van der Waals surface area contributed by atoms with Crippen molar-refractivity contribution in [3.05, 3.63) is 60.6 Å². The molecule has 0 saturated carbocycles. The molecule has 0 aliphatic rings. The molecule has 136 valence electrons. The van der Waals surface area contributed by atoms with E-state index in [0.717, 1.165) is 33.4 Å². The molecule has 4 rings (SSSR count). The molecule has 0 saturated heterocycles. The second-order valence-electron chi connectivity index (χ2n) is 6.44. The van der Waals surface area contributed by atoms with Crippen LogP contribution in [0.5, 0.6) is 5.75 Å². The number of aliphatic hydroxyl groups is 1. The van der Waals surface area contributed by atoms with Crippen LogP contribution < -0.4 is 4.74 Å². The molecule has 2 heterocycles. The normalized spacial score (nSPS) is 12.3. The highest BCUT2D eigenvalue weighted by Crippen LogP contribution is 2.36. The molecule has 6 heteroatoms. The highest BCUT2D eigenvalue weighted by atomic mass is 16.5. The van der Waals surface area contributed by atoms with E-state index in [4.69, 9.17) is 4.74 Å². The first-order valence-corrected chi connectivity index (χ1v) is 8.68. The van der Waals surface area contributed by atoms with E-state index in [1.54, 1.807) is 25.0 Å². The minimum Gasteiger partial charge on any atom is -0.496 e. The van der Waals surface area contributed by atoms with Crippen LogP contribution in [0, 0.1) is 0 Å².